The molecule has 0 saturated carbocycles. The van der Waals surface area contributed by atoms with Gasteiger partial charge in [0.1, 0.15) is 6.04 Å². The van der Waals surface area contributed by atoms with Gasteiger partial charge < -0.3 is 20.8 Å². The standard InChI is InChI=1S/C9H15N5O4/c15-6-1-7(8(16)17)12-9(18)10-2-4-14-5-3-11-13-14/h3,5,7,15H,1-2,4,6H2,(H,16,17)(H2,10,12,18). The summed E-state index contributed by atoms with van der Waals surface area (Å²) in [7, 11) is 0. The number of carboxylic acids is 1. The van der Waals surface area contributed by atoms with Gasteiger partial charge in [0.15, 0.2) is 0 Å². The predicted octanol–water partition coefficient (Wildman–Crippen LogP) is -1.59. The molecular formula is C9H15N5O4. The molecule has 18 heavy (non-hydrogen) atoms. The van der Waals surface area contributed by atoms with Gasteiger partial charge >= 0.3 is 12.0 Å². The summed E-state index contributed by atoms with van der Waals surface area (Å²) < 4.78 is 1.53. The average Bonchev–Trinajstić information content (AvgIpc) is 2.81. The van der Waals surface area contributed by atoms with E-state index < -0.39 is 18.0 Å². The van der Waals surface area contributed by atoms with Crippen molar-refractivity contribution < 1.29 is 19.8 Å². The van der Waals surface area contributed by atoms with Gasteiger partial charge in [-0.2, -0.15) is 0 Å². The number of aliphatic carboxylic acids is 1. The van der Waals surface area contributed by atoms with Gasteiger partial charge in [0.2, 0.25) is 0 Å². The van der Waals surface area contributed by atoms with Crippen LogP contribution < -0.4 is 10.6 Å². The number of aromatic nitrogens is 3. The number of carboxylic acid groups (broad SMARTS) is 1. The SMILES string of the molecule is O=C(NCCn1ccnn1)NC(CCO)C(=O)O. The molecule has 1 unspecified atom stereocenters. The number of carbonyl (C=O) groups is 2. The number of urea groups is 1. The van der Waals surface area contributed by atoms with E-state index in [0.29, 0.717) is 13.1 Å². The summed E-state index contributed by atoms with van der Waals surface area (Å²) in [6.07, 6.45) is 3.12. The normalized spacial score (nSPS) is 11.8. The molecule has 2 amide bonds. The van der Waals surface area contributed by atoms with Crippen LogP contribution >= 0.6 is 0 Å². The first-order chi connectivity index (χ1) is 8.63. The van der Waals surface area contributed by atoms with Crippen molar-refractivity contribution in [2.75, 3.05) is 13.2 Å². The van der Waals surface area contributed by atoms with E-state index >= 15 is 0 Å². The molecule has 9 heteroatoms. The zero-order chi connectivity index (χ0) is 13.4. The van der Waals surface area contributed by atoms with Gasteiger partial charge in [0, 0.05) is 25.8 Å². The minimum absolute atomic E-state index is 0.0359. The number of nitrogens with zero attached hydrogens (tertiary/aromatic N) is 3. The Morgan fingerprint density at radius 1 is 1.44 bits per heavy atom. The fourth-order valence-electron chi connectivity index (χ4n) is 1.23. The van der Waals surface area contributed by atoms with Crippen LogP contribution in [0.3, 0.4) is 0 Å². The van der Waals surface area contributed by atoms with Crippen LogP contribution in [-0.4, -0.2) is 56.4 Å². The predicted molar refractivity (Wildman–Crippen MR) is 59.7 cm³/mol. The van der Waals surface area contributed by atoms with Crippen LogP contribution in [0, 0.1) is 0 Å². The third-order valence-electron chi connectivity index (χ3n) is 2.12. The van der Waals surface area contributed by atoms with Gasteiger partial charge in [-0.3, -0.25) is 4.68 Å². The molecular weight excluding hydrogens is 242 g/mol. The van der Waals surface area contributed by atoms with Crippen molar-refractivity contribution in [3.8, 4) is 0 Å². The summed E-state index contributed by atoms with van der Waals surface area (Å²) in [4.78, 5) is 22.1. The van der Waals surface area contributed by atoms with E-state index in [2.05, 4.69) is 20.9 Å². The van der Waals surface area contributed by atoms with Crippen LogP contribution in [0.2, 0.25) is 0 Å². The number of rotatable bonds is 7. The highest BCUT2D eigenvalue weighted by Crippen LogP contribution is 1.91. The number of hydrogen-bond acceptors (Lipinski definition) is 5. The Balaban J connectivity index is 2.25. The number of carbonyl (C=O) groups excluding carboxylic acids is 1. The molecule has 4 N–H and O–H groups in total. The molecule has 0 spiro atoms. The zero-order valence-electron chi connectivity index (χ0n) is 9.61. The van der Waals surface area contributed by atoms with E-state index in [-0.39, 0.29) is 13.0 Å². The van der Waals surface area contributed by atoms with E-state index in [1.54, 1.807) is 6.20 Å². The summed E-state index contributed by atoms with van der Waals surface area (Å²) in [6, 6.07) is -1.70. The maximum Gasteiger partial charge on any atom is 0.326 e. The van der Waals surface area contributed by atoms with Crippen molar-refractivity contribution in [3.05, 3.63) is 12.4 Å². The Labute approximate surface area is 103 Å². The van der Waals surface area contributed by atoms with Gasteiger partial charge in [0.05, 0.1) is 12.7 Å². The van der Waals surface area contributed by atoms with E-state index in [0.717, 1.165) is 0 Å². The van der Waals surface area contributed by atoms with Crippen LogP contribution in [0.4, 0.5) is 4.79 Å². The molecule has 0 aliphatic carbocycles. The smallest absolute Gasteiger partial charge is 0.326 e. The highest BCUT2D eigenvalue weighted by atomic mass is 16.4. The monoisotopic (exact) mass is 257 g/mol. The summed E-state index contributed by atoms with van der Waals surface area (Å²) in [6.45, 7) is 0.419. The lowest BCUT2D eigenvalue weighted by Crippen LogP contribution is -2.47. The Bertz CT molecular complexity index is 380. The number of aliphatic hydroxyl groups is 1. The summed E-state index contributed by atoms with van der Waals surface area (Å²) in [5, 5.41) is 29.4. The van der Waals surface area contributed by atoms with Gasteiger partial charge in [-0.25, -0.2) is 9.59 Å². The van der Waals surface area contributed by atoms with Crippen LogP contribution in [0.5, 0.6) is 0 Å². The second kappa shape index (κ2) is 7.22. The average molecular weight is 257 g/mol. The Morgan fingerprint density at radius 3 is 2.78 bits per heavy atom. The molecule has 0 aliphatic rings. The lowest BCUT2D eigenvalue weighted by Gasteiger charge is -2.13. The molecule has 1 aromatic rings. The molecule has 0 saturated heterocycles. The molecule has 0 aromatic carbocycles. The molecule has 0 fully saturated rings. The second-order valence-corrected chi connectivity index (χ2v) is 3.47. The highest BCUT2D eigenvalue weighted by Gasteiger charge is 2.18. The maximum absolute atomic E-state index is 11.3. The van der Waals surface area contributed by atoms with Crippen LogP contribution in [0.15, 0.2) is 12.4 Å². The van der Waals surface area contributed by atoms with Crippen molar-refractivity contribution >= 4 is 12.0 Å². The van der Waals surface area contributed by atoms with Crippen molar-refractivity contribution in [2.45, 2.75) is 19.0 Å². The molecule has 0 bridgehead atoms. The van der Waals surface area contributed by atoms with Crippen molar-refractivity contribution in [3.63, 3.8) is 0 Å². The van der Waals surface area contributed by atoms with Crippen LogP contribution in [0.1, 0.15) is 6.42 Å². The molecule has 0 radical (unpaired) electrons. The summed E-state index contributed by atoms with van der Waals surface area (Å²) in [5.41, 5.74) is 0. The Kier molecular flexibility index (Phi) is 5.58. The second-order valence-electron chi connectivity index (χ2n) is 3.47. The number of aliphatic hydroxyl groups excluding tert-OH is 1. The maximum atomic E-state index is 11.3. The molecule has 1 atom stereocenters. The van der Waals surface area contributed by atoms with Gasteiger partial charge in [-0.05, 0) is 0 Å². The van der Waals surface area contributed by atoms with Crippen molar-refractivity contribution in [2.24, 2.45) is 0 Å². The first-order valence-corrected chi connectivity index (χ1v) is 5.35. The molecule has 100 valence electrons. The minimum Gasteiger partial charge on any atom is -0.480 e. The summed E-state index contributed by atoms with van der Waals surface area (Å²) >= 11 is 0. The van der Waals surface area contributed by atoms with E-state index in [1.165, 1.54) is 10.9 Å². The van der Waals surface area contributed by atoms with Crippen molar-refractivity contribution in [1.82, 2.24) is 25.6 Å². The van der Waals surface area contributed by atoms with Crippen molar-refractivity contribution in [1.29, 1.82) is 0 Å². The fraction of sp³-hybridized carbons (Fsp3) is 0.556. The lowest BCUT2D eigenvalue weighted by atomic mass is 10.2. The molecule has 1 rings (SSSR count). The van der Waals surface area contributed by atoms with Crippen LogP contribution in [-0.2, 0) is 11.3 Å². The molecule has 1 heterocycles. The lowest BCUT2D eigenvalue weighted by molar-refractivity contribution is -0.139. The molecule has 1 aromatic heterocycles. The fourth-order valence-corrected chi connectivity index (χ4v) is 1.23. The minimum atomic E-state index is -1.18. The first-order valence-electron chi connectivity index (χ1n) is 5.35. The third-order valence-corrected chi connectivity index (χ3v) is 2.12. The van der Waals surface area contributed by atoms with Gasteiger partial charge in [0.25, 0.3) is 0 Å². The number of hydrogen-bond donors (Lipinski definition) is 4. The zero-order valence-corrected chi connectivity index (χ0v) is 9.61. The van der Waals surface area contributed by atoms with E-state index in [1.807, 2.05) is 0 Å². The van der Waals surface area contributed by atoms with Crippen LogP contribution in [0.25, 0.3) is 0 Å². The number of nitrogens with one attached hydrogen (secondary N) is 2. The summed E-state index contributed by atoms with van der Waals surface area (Å²) in [5.74, 6) is -1.18. The Morgan fingerprint density at radius 2 is 2.22 bits per heavy atom. The number of amides is 2. The Hall–Kier alpha value is -2.16. The highest BCUT2D eigenvalue weighted by molar-refractivity contribution is 5.82. The molecule has 0 aliphatic heterocycles. The van der Waals surface area contributed by atoms with E-state index in [4.69, 9.17) is 10.2 Å². The molecule has 9 nitrogen and oxygen atoms in total. The third kappa shape index (κ3) is 4.78. The quantitative estimate of drug-likeness (QED) is 0.466. The van der Waals surface area contributed by atoms with Gasteiger partial charge in [-0.15, -0.1) is 5.10 Å². The largest absolute Gasteiger partial charge is 0.480 e. The van der Waals surface area contributed by atoms with E-state index in [9.17, 15) is 9.59 Å². The topological polar surface area (TPSA) is 129 Å². The first kappa shape index (κ1) is 13.9. The van der Waals surface area contributed by atoms with Gasteiger partial charge in [-0.1, -0.05) is 5.21 Å².